The van der Waals surface area contributed by atoms with Crippen LogP contribution in [0.5, 0.6) is 0 Å². The van der Waals surface area contributed by atoms with Gasteiger partial charge in [-0.2, -0.15) is 0 Å². The molecular weight excluding hydrogens is 294 g/mol. The first-order chi connectivity index (χ1) is 9.69. The molecule has 1 unspecified atom stereocenters. The Morgan fingerprint density at radius 1 is 1.29 bits per heavy atom. The highest BCUT2D eigenvalue weighted by Gasteiger charge is 2.63. The fourth-order valence-electron chi connectivity index (χ4n) is 2.29. The lowest BCUT2D eigenvalue weighted by Crippen LogP contribution is -2.71. The van der Waals surface area contributed by atoms with Gasteiger partial charge < -0.3 is 5.11 Å². The molecule has 1 N–H and O–H groups in total. The molecule has 0 bridgehead atoms. The zero-order valence-corrected chi connectivity index (χ0v) is 12.6. The number of carboxylic acids is 1. The van der Waals surface area contributed by atoms with Crippen LogP contribution in [-0.4, -0.2) is 40.5 Å². The van der Waals surface area contributed by atoms with Crippen LogP contribution in [0, 0.1) is 0 Å². The van der Waals surface area contributed by atoms with Crippen molar-refractivity contribution in [3.63, 3.8) is 0 Å². The maximum absolute atomic E-state index is 12.1. The number of amides is 1. The summed E-state index contributed by atoms with van der Waals surface area (Å²) < 4.78 is 23.1. The summed E-state index contributed by atoms with van der Waals surface area (Å²) in [4.78, 5) is 23.3. The van der Waals surface area contributed by atoms with Gasteiger partial charge in [-0.15, -0.1) is 0 Å². The average molecular weight is 311 g/mol. The molecule has 1 atom stereocenters. The van der Waals surface area contributed by atoms with Gasteiger partial charge in [-0.3, -0.25) is 4.79 Å². The van der Waals surface area contributed by atoms with E-state index in [4.69, 9.17) is 0 Å². The molecule has 0 radical (unpaired) electrons. The topological polar surface area (TPSA) is 91.8 Å². The van der Waals surface area contributed by atoms with Gasteiger partial charge in [0.2, 0.25) is 0 Å². The number of aliphatic carboxylic acids is 1. The number of carbonyl (C=O) groups excluding carboxylic acids is 1. The van der Waals surface area contributed by atoms with Crippen molar-refractivity contribution < 1.29 is 23.1 Å². The number of benzene rings is 1. The SMILES string of the molecule is CC1(C)C(=O)N(C(CCc2ccccc2)C(=O)O)S1(=O)=O. The van der Waals surface area contributed by atoms with E-state index >= 15 is 0 Å². The van der Waals surface area contributed by atoms with Crippen LogP contribution in [0.4, 0.5) is 0 Å². The maximum atomic E-state index is 12.1. The molecule has 114 valence electrons. The molecule has 0 aliphatic carbocycles. The first-order valence-electron chi connectivity index (χ1n) is 6.54. The molecule has 2 rings (SSSR count). The summed E-state index contributed by atoms with van der Waals surface area (Å²) in [5.41, 5.74) is 0.897. The highest BCUT2D eigenvalue weighted by Crippen LogP contribution is 2.37. The van der Waals surface area contributed by atoms with E-state index in [1.807, 2.05) is 30.3 Å². The van der Waals surface area contributed by atoms with Crippen molar-refractivity contribution in [2.75, 3.05) is 0 Å². The fraction of sp³-hybridized carbons (Fsp3) is 0.429. The normalized spacial score (nSPS) is 20.7. The van der Waals surface area contributed by atoms with Crippen LogP contribution in [0.15, 0.2) is 30.3 Å². The van der Waals surface area contributed by atoms with Gasteiger partial charge in [0.15, 0.2) is 4.75 Å². The van der Waals surface area contributed by atoms with Crippen molar-refractivity contribution in [2.24, 2.45) is 0 Å². The minimum absolute atomic E-state index is 0.0559. The molecule has 1 aliphatic heterocycles. The Morgan fingerprint density at radius 2 is 1.86 bits per heavy atom. The molecule has 0 saturated carbocycles. The summed E-state index contributed by atoms with van der Waals surface area (Å²) in [5.74, 6) is -1.97. The smallest absolute Gasteiger partial charge is 0.327 e. The van der Waals surface area contributed by atoms with Crippen LogP contribution >= 0.6 is 0 Å². The lowest BCUT2D eigenvalue weighted by atomic mass is 10.0. The van der Waals surface area contributed by atoms with E-state index in [0.717, 1.165) is 5.56 Å². The molecule has 21 heavy (non-hydrogen) atoms. The standard InChI is InChI=1S/C14H17NO5S/c1-14(2)13(18)15(21(14,19)20)11(12(16)17)9-8-10-6-4-3-5-7-10/h3-7,11H,8-9H2,1-2H3,(H,16,17). The van der Waals surface area contributed by atoms with Crippen molar-refractivity contribution >= 4 is 21.9 Å². The summed E-state index contributed by atoms with van der Waals surface area (Å²) in [6.45, 7) is 2.58. The van der Waals surface area contributed by atoms with Gasteiger partial charge >= 0.3 is 5.97 Å². The third kappa shape index (κ3) is 2.42. The molecule has 1 heterocycles. The molecule has 7 heteroatoms. The second kappa shape index (κ2) is 5.14. The number of hydrogen-bond donors (Lipinski definition) is 1. The molecule has 1 aromatic rings. The van der Waals surface area contributed by atoms with Gasteiger partial charge in [0.05, 0.1) is 0 Å². The summed E-state index contributed by atoms with van der Waals surface area (Å²) in [5, 5.41) is 9.25. The van der Waals surface area contributed by atoms with E-state index in [0.29, 0.717) is 10.7 Å². The van der Waals surface area contributed by atoms with E-state index in [-0.39, 0.29) is 6.42 Å². The summed E-state index contributed by atoms with van der Waals surface area (Å²) in [6, 6.07) is 7.78. The average Bonchev–Trinajstić information content (AvgIpc) is 2.43. The zero-order valence-electron chi connectivity index (χ0n) is 11.8. The highest BCUT2D eigenvalue weighted by molar-refractivity contribution is 7.94. The Hall–Kier alpha value is -1.89. The van der Waals surface area contributed by atoms with E-state index in [1.54, 1.807) is 0 Å². The van der Waals surface area contributed by atoms with E-state index in [9.17, 15) is 23.1 Å². The van der Waals surface area contributed by atoms with Crippen molar-refractivity contribution in [3.8, 4) is 0 Å². The lowest BCUT2D eigenvalue weighted by Gasteiger charge is -2.45. The first kappa shape index (κ1) is 15.5. The number of rotatable bonds is 5. The number of aryl methyl sites for hydroxylation is 1. The van der Waals surface area contributed by atoms with E-state index in [2.05, 4.69) is 0 Å². The first-order valence-corrected chi connectivity index (χ1v) is 7.98. The van der Waals surface area contributed by atoms with Gasteiger partial charge in [0.25, 0.3) is 15.9 Å². The number of carbonyl (C=O) groups is 2. The Labute approximate surface area is 123 Å². The van der Waals surface area contributed by atoms with Crippen molar-refractivity contribution in [3.05, 3.63) is 35.9 Å². The van der Waals surface area contributed by atoms with E-state index in [1.165, 1.54) is 13.8 Å². The van der Waals surface area contributed by atoms with Crippen LogP contribution in [0.3, 0.4) is 0 Å². The van der Waals surface area contributed by atoms with Crippen LogP contribution in [-0.2, 0) is 26.0 Å². The molecular formula is C14H17NO5S. The molecule has 1 aromatic carbocycles. The largest absolute Gasteiger partial charge is 0.480 e. The van der Waals surface area contributed by atoms with Gasteiger partial charge in [-0.1, -0.05) is 30.3 Å². The van der Waals surface area contributed by atoms with Crippen LogP contribution < -0.4 is 0 Å². The lowest BCUT2D eigenvalue weighted by molar-refractivity contribution is -0.149. The Kier molecular flexibility index (Phi) is 3.79. The summed E-state index contributed by atoms with van der Waals surface area (Å²) in [6.07, 6.45) is 0.442. The predicted molar refractivity (Wildman–Crippen MR) is 76.0 cm³/mol. The third-order valence-electron chi connectivity index (χ3n) is 3.74. The van der Waals surface area contributed by atoms with Gasteiger partial charge in [-0.25, -0.2) is 17.5 Å². The summed E-state index contributed by atoms with van der Waals surface area (Å²) in [7, 11) is -3.90. The van der Waals surface area contributed by atoms with E-state index < -0.39 is 32.7 Å². The third-order valence-corrected chi connectivity index (χ3v) is 6.14. The Balaban J connectivity index is 2.18. The van der Waals surface area contributed by atoms with Gasteiger partial charge in [0.1, 0.15) is 6.04 Å². The van der Waals surface area contributed by atoms with Crippen molar-refractivity contribution in [2.45, 2.75) is 37.5 Å². The maximum Gasteiger partial charge on any atom is 0.327 e. The Bertz CT molecular complexity index is 666. The van der Waals surface area contributed by atoms with Crippen LogP contribution in [0.25, 0.3) is 0 Å². The number of sulfonamides is 1. The monoisotopic (exact) mass is 311 g/mol. The van der Waals surface area contributed by atoms with Crippen molar-refractivity contribution in [1.82, 2.24) is 4.31 Å². The minimum atomic E-state index is -3.90. The van der Waals surface area contributed by atoms with Crippen molar-refractivity contribution in [1.29, 1.82) is 0 Å². The van der Waals surface area contributed by atoms with Crippen LogP contribution in [0.1, 0.15) is 25.8 Å². The molecule has 0 aromatic heterocycles. The number of hydrogen-bond acceptors (Lipinski definition) is 4. The molecule has 1 aliphatic rings. The minimum Gasteiger partial charge on any atom is -0.480 e. The molecule has 1 saturated heterocycles. The highest BCUT2D eigenvalue weighted by atomic mass is 32.2. The number of nitrogens with zero attached hydrogens (tertiary/aromatic N) is 1. The molecule has 1 fully saturated rings. The molecule has 6 nitrogen and oxygen atoms in total. The second-order valence-electron chi connectivity index (χ2n) is 5.49. The molecule has 1 amide bonds. The van der Waals surface area contributed by atoms with Crippen LogP contribution in [0.2, 0.25) is 0 Å². The second-order valence-corrected chi connectivity index (χ2v) is 7.86. The van der Waals surface area contributed by atoms with Gasteiger partial charge in [0, 0.05) is 0 Å². The Morgan fingerprint density at radius 3 is 2.33 bits per heavy atom. The molecule has 0 spiro atoms. The number of carboxylic acid groups (broad SMARTS) is 1. The quantitative estimate of drug-likeness (QED) is 0.876. The fourth-order valence-corrected chi connectivity index (χ4v) is 3.95. The summed E-state index contributed by atoms with van der Waals surface area (Å²) >= 11 is 0. The van der Waals surface area contributed by atoms with Gasteiger partial charge in [-0.05, 0) is 32.3 Å². The predicted octanol–water partition coefficient (Wildman–Crippen LogP) is 1.02. The zero-order chi connectivity index (χ0) is 15.8.